The molecule has 1 amide bonds. The highest BCUT2D eigenvalue weighted by atomic mass is 16.1. The number of nitrogens with two attached hydrogens (primary N) is 2. The van der Waals surface area contributed by atoms with Crippen LogP contribution in [0.5, 0.6) is 0 Å². The number of amides is 1. The topological polar surface area (TPSA) is 86.9 Å². The molecule has 0 saturated heterocycles. The molecule has 2 atom stereocenters. The van der Waals surface area contributed by atoms with Gasteiger partial charge in [0.15, 0.2) is 0 Å². The number of rotatable bonds is 5. The number of hydrogen-bond acceptors (Lipinski definition) is 3. The molecule has 4 N–H and O–H groups in total. The lowest BCUT2D eigenvalue weighted by Crippen LogP contribution is -2.32. The Morgan fingerprint density at radius 1 is 1.25 bits per heavy atom. The standard InChI is InChI=1S/C15H20N4O/c1-10(2)14(15(17)20)19-9-18-8-12(19)13(16)11-6-4-3-5-7-11/h3-10,13-14H,16H2,1-2H3,(H2,17,20). The van der Waals surface area contributed by atoms with Gasteiger partial charge in [-0.15, -0.1) is 0 Å². The van der Waals surface area contributed by atoms with E-state index in [-0.39, 0.29) is 17.9 Å². The number of primary amides is 1. The minimum Gasteiger partial charge on any atom is -0.368 e. The summed E-state index contributed by atoms with van der Waals surface area (Å²) in [4.78, 5) is 15.8. The summed E-state index contributed by atoms with van der Waals surface area (Å²) < 4.78 is 1.78. The molecule has 106 valence electrons. The van der Waals surface area contributed by atoms with E-state index in [1.54, 1.807) is 17.1 Å². The van der Waals surface area contributed by atoms with E-state index in [1.165, 1.54) is 0 Å². The lowest BCUT2D eigenvalue weighted by molar-refractivity contribution is -0.122. The van der Waals surface area contributed by atoms with Crippen LogP contribution in [-0.4, -0.2) is 15.5 Å². The van der Waals surface area contributed by atoms with Crippen LogP contribution in [0.3, 0.4) is 0 Å². The predicted molar refractivity (Wildman–Crippen MR) is 77.8 cm³/mol. The lowest BCUT2D eigenvalue weighted by Gasteiger charge is -2.23. The Kier molecular flexibility index (Phi) is 4.20. The molecule has 1 heterocycles. The summed E-state index contributed by atoms with van der Waals surface area (Å²) >= 11 is 0. The highest BCUT2D eigenvalue weighted by Gasteiger charge is 2.25. The maximum atomic E-state index is 11.7. The van der Waals surface area contributed by atoms with Gasteiger partial charge < -0.3 is 16.0 Å². The third-order valence-corrected chi connectivity index (χ3v) is 3.40. The monoisotopic (exact) mass is 272 g/mol. The Morgan fingerprint density at radius 3 is 2.45 bits per heavy atom. The SMILES string of the molecule is CC(C)C(C(N)=O)n1cncc1C(N)c1ccccc1. The van der Waals surface area contributed by atoms with Crippen molar-refractivity contribution in [2.75, 3.05) is 0 Å². The second kappa shape index (κ2) is 5.88. The summed E-state index contributed by atoms with van der Waals surface area (Å²) in [5.74, 6) is -0.303. The Morgan fingerprint density at radius 2 is 1.90 bits per heavy atom. The average molecular weight is 272 g/mol. The molecular weight excluding hydrogens is 252 g/mol. The van der Waals surface area contributed by atoms with Gasteiger partial charge in [-0.05, 0) is 11.5 Å². The fourth-order valence-corrected chi connectivity index (χ4v) is 2.41. The van der Waals surface area contributed by atoms with Crippen molar-refractivity contribution < 1.29 is 4.79 Å². The number of benzene rings is 1. The van der Waals surface area contributed by atoms with Crippen LogP contribution in [0.25, 0.3) is 0 Å². The second-order valence-electron chi connectivity index (χ2n) is 5.21. The van der Waals surface area contributed by atoms with E-state index < -0.39 is 6.04 Å². The molecule has 1 aromatic carbocycles. The first-order valence-electron chi connectivity index (χ1n) is 6.64. The largest absolute Gasteiger partial charge is 0.368 e. The number of carbonyl (C=O) groups is 1. The summed E-state index contributed by atoms with van der Waals surface area (Å²) in [6, 6.07) is 8.94. The van der Waals surface area contributed by atoms with Gasteiger partial charge in [0.1, 0.15) is 6.04 Å². The highest BCUT2D eigenvalue weighted by molar-refractivity contribution is 5.78. The second-order valence-corrected chi connectivity index (χ2v) is 5.21. The van der Waals surface area contributed by atoms with Crippen molar-refractivity contribution in [2.24, 2.45) is 17.4 Å². The van der Waals surface area contributed by atoms with E-state index in [2.05, 4.69) is 4.98 Å². The van der Waals surface area contributed by atoms with Crippen molar-refractivity contribution in [2.45, 2.75) is 25.9 Å². The van der Waals surface area contributed by atoms with Crippen LogP contribution in [0, 0.1) is 5.92 Å². The quantitative estimate of drug-likeness (QED) is 0.867. The maximum Gasteiger partial charge on any atom is 0.240 e. The first-order valence-corrected chi connectivity index (χ1v) is 6.64. The number of carbonyl (C=O) groups excluding carboxylic acids is 1. The molecule has 5 nitrogen and oxygen atoms in total. The van der Waals surface area contributed by atoms with Crippen LogP contribution in [0.2, 0.25) is 0 Å². The Labute approximate surface area is 118 Å². The zero-order valence-electron chi connectivity index (χ0n) is 11.7. The van der Waals surface area contributed by atoms with Crippen molar-refractivity contribution in [1.82, 2.24) is 9.55 Å². The van der Waals surface area contributed by atoms with Gasteiger partial charge in [-0.2, -0.15) is 0 Å². The third-order valence-electron chi connectivity index (χ3n) is 3.40. The first-order chi connectivity index (χ1) is 9.52. The van der Waals surface area contributed by atoms with Gasteiger partial charge in [-0.25, -0.2) is 4.98 Å². The van der Waals surface area contributed by atoms with E-state index >= 15 is 0 Å². The molecule has 0 bridgehead atoms. The maximum absolute atomic E-state index is 11.7. The Hall–Kier alpha value is -2.14. The van der Waals surface area contributed by atoms with Crippen molar-refractivity contribution in [1.29, 1.82) is 0 Å². The van der Waals surface area contributed by atoms with Crippen LogP contribution >= 0.6 is 0 Å². The summed E-state index contributed by atoms with van der Waals surface area (Å²) in [7, 11) is 0. The number of hydrogen-bond donors (Lipinski definition) is 2. The molecule has 0 aliphatic rings. The summed E-state index contributed by atoms with van der Waals surface area (Å²) in [6.45, 7) is 3.90. The Balaban J connectivity index is 2.40. The van der Waals surface area contributed by atoms with E-state index in [0.717, 1.165) is 11.3 Å². The fraction of sp³-hybridized carbons (Fsp3) is 0.333. The van der Waals surface area contributed by atoms with Gasteiger partial charge in [-0.1, -0.05) is 44.2 Å². The van der Waals surface area contributed by atoms with Crippen LogP contribution in [0.15, 0.2) is 42.9 Å². The average Bonchev–Trinajstić information content (AvgIpc) is 2.87. The molecule has 2 rings (SSSR count). The van der Waals surface area contributed by atoms with Crippen LogP contribution in [0.4, 0.5) is 0 Å². The highest BCUT2D eigenvalue weighted by Crippen LogP contribution is 2.25. The van der Waals surface area contributed by atoms with Crippen molar-refractivity contribution >= 4 is 5.91 Å². The third kappa shape index (κ3) is 2.72. The number of aromatic nitrogens is 2. The first kappa shape index (κ1) is 14.3. The van der Waals surface area contributed by atoms with Gasteiger partial charge in [-0.3, -0.25) is 4.79 Å². The smallest absolute Gasteiger partial charge is 0.240 e. The molecule has 0 spiro atoms. The summed E-state index contributed by atoms with van der Waals surface area (Å²) in [6.07, 6.45) is 3.31. The van der Waals surface area contributed by atoms with Gasteiger partial charge in [0.25, 0.3) is 0 Å². The van der Waals surface area contributed by atoms with Gasteiger partial charge in [0, 0.05) is 0 Å². The molecule has 1 aromatic heterocycles. The van der Waals surface area contributed by atoms with Crippen LogP contribution in [0.1, 0.15) is 37.2 Å². The van der Waals surface area contributed by atoms with Gasteiger partial charge in [0.05, 0.1) is 24.3 Å². The van der Waals surface area contributed by atoms with Crippen LogP contribution in [-0.2, 0) is 4.79 Å². The zero-order chi connectivity index (χ0) is 14.7. The molecule has 20 heavy (non-hydrogen) atoms. The minimum absolute atomic E-state index is 0.0726. The lowest BCUT2D eigenvalue weighted by atomic mass is 10.0. The molecule has 0 radical (unpaired) electrons. The van der Waals surface area contributed by atoms with Crippen LogP contribution < -0.4 is 11.5 Å². The van der Waals surface area contributed by atoms with E-state index in [9.17, 15) is 4.79 Å². The van der Waals surface area contributed by atoms with E-state index in [4.69, 9.17) is 11.5 Å². The number of nitrogens with zero attached hydrogens (tertiary/aromatic N) is 2. The van der Waals surface area contributed by atoms with E-state index in [1.807, 2.05) is 44.2 Å². The minimum atomic E-state index is -0.442. The summed E-state index contributed by atoms with van der Waals surface area (Å²) in [5, 5.41) is 0. The summed E-state index contributed by atoms with van der Waals surface area (Å²) in [5.41, 5.74) is 13.6. The van der Waals surface area contributed by atoms with Gasteiger partial charge in [0.2, 0.25) is 5.91 Å². The molecule has 0 aliphatic heterocycles. The molecule has 5 heteroatoms. The molecule has 0 fully saturated rings. The van der Waals surface area contributed by atoms with Crippen molar-refractivity contribution in [3.63, 3.8) is 0 Å². The fourth-order valence-electron chi connectivity index (χ4n) is 2.41. The Bertz CT molecular complexity index is 577. The molecule has 2 aromatic rings. The van der Waals surface area contributed by atoms with Crippen molar-refractivity contribution in [3.8, 4) is 0 Å². The predicted octanol–water partition coefficient (Wildman–Crippen LogP) is 1.61. The normalized spacial score (nSPS) is 14.2. The van der Waals surface area contributed by atoms with Crippen molar-refractivity contribution in [3.05, 3.63) is 54.1 Å². The molecule has 2 unspecified atom stereocenters. The zero-order valence-corrected chi connectivity index (χ0v) is 11.7. The molecule has 0 saturated carbocycles. The number of imidazole rings is 1. The van der Waals surface area contributed by atoms with Gasteiger partial charge >= 0.3 is 0 Å². The molecular formula is C15H20N4O. The van der Waals surface area contributed by atoms with E-state index in [0.29, 0.717) is 0 Å². The molecule has 0 aliphatic carbocycles.